The first-order chi connectivity index (χ1) is 9.88. The Bertz CT molecular complexity index is 472. The van der Waals surface area contributed by atoms with Gasteiger partial charge in [0.1, 0.15) is 0 Å². The molecular weight excluding hydrogens is 288 g/mol. The van der Waals surface area contributed by atoms with Crippen molar-refractivity contribution in [1.29, 1.82) is 0 Å². The molecule has 1 rings (SSSR count). The van der Waals surface area contributed by atoms with Crippen LogP contribution in [0, 0.1) is 5.92 Å². The molecular formula is C16H23ClN2O2. The fourth-order valence-corrected chi connectivity index (χ4v) is 2.08. The van der Waals surface area contributed by atoms with Gasteiger partial charge >= 0.3 is 0 Å². The van der Waals surface area contributed by atoms with Gasteiger partial charge < -0.3 is 10.6 Å². The number of hydrogen-bond donors (Lipinski definition) is 2. The van der Waals surface area contributed by atoms with Crippen LogP contribution in [0.1, 0.15) is 45.2 Å². The van der Waals surface area contributed by atoms with Crippen LogP contribution in [0.5, 0.6) is 0 Å². The van der Waals surface area contributed by atoms with E-state index in [1.165, 1.54) is 6.92 Å². The minimum Gasteiger partial charge on any atom is -0.356 e. The predicted octanol–water partition coefficient (Wildman–Crippen LogP) is 3.07. The lowest BCUT2D eigenvalue weighted by Gasteiger charge is -2.18. The average Bonchev–Trinajstić information content (AvgIpc) is 2.37. The summed E-state index contributed by atoms with van der Waals surface area (Å²) in [7, 11) is 0. The van der Waals surface area contributed by atoms with Crippen LogP contribution in [-0.4, -0.2) is 18.4 Å². The lowest BCUT2D eigenvalue weighted by molar-refractivity contribution is -0.122. The van der Waals surface area contributed by atoms with Crippen LogP contribution in [0.15, 0.2) is 24.3 Å². The zero-order chi connectivity index (χ0) is 15.8. The van der Waals surface area contributed by atoms with Crippen LogP contribution in [0.2, 0.25) is 5.02 Å². The Labute approximate surface area is 131 Å². The highest BCUT2D eigenvalue weighted by molar-refractivity contribution is 6.30. The zero-order valence-corrected chi connectivity index (χ0v) is 13.5. The quantitative estimate of drug-likeness (QED) is 0.813. The van der Waals surface area contributed by atoms with Crippen LogP contribution >= 0.6 is 11.6 Å². The molecule has 5 heteroatoms. The molecule has 0 fully saturated rings. The smallest absolute Gasteiger partial charge is 0.222 e. The summed E-state index contributed by atoms with van der Waals surface area (Å²) in [6, 6.07) is 6.82. The third-order valence-corrected chi connectivity index (χ3v) is 3.34. The van der Waals surface area contributed by atoms with Crippen molar-refractivity contribution in [2.75, 3.05) is 6.54 Å². The Kier molecular flexibility index (Phi) is 7.23. The normalized spacial score (nSPS) is 12.0. The molecule has 0 saturated heterocycles. The van der Waals surface area contributed by atoms with Crippen LogP contribution < -0.4 is 10.6 Å². The summed E-state index contributed by atoms with van der Waals surface area (Å²) >= 11 is 5.86. The van der Waals surface area contributed by atoms with E-state index in [4.69, 9.17) is 11.6 Å². The molecule has 1 aromatic rings. The van der Waals surface area contributed by atoms with Gasteiger partial charge in [-0.1, -0.05) is 37.6 Å². The number of rotatable bonds is 7. The highest BCUT2D eigenvalue weighted by Gasteiger charge is 2.16. The van der Waals surface area contributed by atoms with Crippen molar-refractivity contribution in [2.24, 2.45) is 5.92 Å². The summed E-state index contributed by atoms with van der Waals surface area (Å²) in [5.74, 6) is 0.321. The molecule has 0 aliphatic heterocycles. The molecule has 0 aliphatic carbocycles. The van der Waals surface area contributed by atoms with E-state index in [0.717, 1.165) is 12.0 Å². The van der Waals surface area contributed by atoms with Gasteiger partial charge in [0.15, 0.2) is 0 Å². The maximum atomic E-state index is 12.0. The van der Waals surface area contributed by atoms with Crippen LogP contribution in [0.4, 0.5) is 0 Å². The van der Waals surface area contributed by atoms with E-state index in [1.54, 1.807) is 12.1 Å². The Balaban J connectivity index is 2.63. The molecule has 0 spiro atoms. The second-order valence-electron chi connectivity index (χ2n) is 5.54. The number of halogens is 1. The number of carbonyl (C=O) groups excluding carboxylic acids is 2. The van der Waals surface area contributed by atoms with E-state index >= 15 is 0 Å². The van der Waals surface area contributed by atoms with Crippen molar-refractivity contribution in [1.82, 2.24) is 10.6 Å². The highest BCUT2D eigenvalue weighted by Crippen LogP contribution is 2.19. The second-order valence-corrected chi connectivity index (χ2v) is 5.98. The zero-order valence-electron chi connectivity index (χ0n) is 12.8. The van der Waals surface area contributed by atoms with Crippen LogP contribution in [-0.2, 0) is 9.59 Å². The van der Waals surface area contributed by atoms with Gasteiger partial charge in [0, 0.05) is 18.5 Å². The number of nitrogens with one attached hydrogen (secondary N) is 2. The Morgan fingerprint density at radius 2 is 1.81 bits per heavy atom. The number of benzene rings is 1. The van der Waals surface area contributed by atoms with Gasteiger partial charge in [-0.3, -0.25) is 9.59 Å². The summed E-state index contributed by atoms with van der Waals surface area (Å²) in [6.45, 7) is 6.32. The van der Waals surface area contributed by atoms with Crippen molar-refractivity contribution >= 4 is 23.4 Å². The van der Waals surface area contributed by atoms with Crippen molar-refractivity contribution in [3.8, 4) is 0 Å². The maximum absolute atomic E-state index is 12.0. The van der Waals surface area contributed by atoms with E-state index in [-0.39, 0.29) is 24.3 Å². The van der Waals surface area contributed by atoms with Crippen molar-refractivity contribution in [2.45, 2.75) is 39.7 Å². The standard InChI is InChI=1S/C16H23ClN2O2/c1-11(2)8-9-18-16(21)10-15(19-12(3)20)13-4-6-14(17)7-5-13/h4-7,11,15H,8-10H2,1-3H3,(H,18,21)(H,19,20). The first kappa shape index (κ1) is 17.5. The van der Waals surface area contributed by atoms with Gasteiger partial charge in [-0.25, -0.2) is 0 Å². The van der Waals surface area contributed by atoms with Gasteiger partial charge in [0.05, 0.1) is 12.5 Å². The minimum absolute atomic E-state index is 0.0654. The third-order valence-electron chi connectivity index (χ3n) is 3.08. The topological polar surface area (TPSA) is 58.2 Å². The lowest BCUT2D eigenvalue weighted by Crippen LogP contribution is -2.33. The molecule has 2 amide bonds. The second kappa shape index (κ2) is 8.67. The first-order valence-corrected chi connectivity index (χ1v) is 7.55. The van der Waals surface area contributed by atoms with Gasteiger partial charge in [0.2, 0.25) is 11.8 Å². The van der Waals surface area contributed by atoms with Crippen molar-refractivity contribution < 1.29 is 9.59 Å². The molecule has 21 heavy (non-hydrogen) atoms. The average molecular weight is 311 g/mol. The van der Waals surface area contributed by atoms with Gasteiger partial charge in [-0.05, 0) is 30.0 Å². The SMILES string of the molecule is CC(=O)NC(CC(=O)NCCC(C)C)c1ccc(Cl)cc1. The summed E-state index contributed by atoms with van der Waals surface area (Å²) in [5.41, 5.74) is 0.869. The molecule has 1 unspecified atom stereocenters. The van der Waals surface area contributed by atoms with E-state index in [2.05, 4.69) is 24.5 Å². The minimum atomic E-state index is -0.334. The molecule has 4 nitrogen and oxygen atoms in total. The van der Waals surface area contributed by atoms with E-state index in [0.29, 0.717) is 17.5 Å². The number of hydrogen-bond acceptors (Lipinski definition) is 2. The maximum Gasteiger partial charge on any atom is 0.222 e. The predicted molar refractivity (Wildman–Crippen MR) is 85.1 cm³/mol. The summed E-state index contributed by atoms with van der Waals surface area (Å²) in [4.78, 5) is 23.3. The molecule has 0 aliphatic rings. The molecule has 0 heterocycles. The molecule has 0 radical (unpaired) electrons. The Hall–Kier alpha value is -1.55. The molecule has 1 atom stereocenters. The molecule has 0 saturated carbocycles. The molecule has 116 valence electrons. The first-order valence-electron chi connectivity index (χ1n) is 7.17. The van der Waals surface area contributed by atoms with E-state index in [1.807, 2.05) is 12.1 Å². The van der Waals surface area contributed by atoms with Crippen LogP contribution in [0.25, 0.3) is 0 Å². The Morgan fingerprint density at radius 3 is 2.33 bits per heavy atom. The summed E-state index contributed by atoms with van der Waals surface area (Å²) < 4.78 is 0. The van der Waals surface area contributed by atoms with Crippen molar-refractivity contribution in [3.63, 3.8) is 0 Å². The monoisotopic (exact) mass is 310 g/mol. The van der Waals surface area contributed by atoms with Gasteiger partial charge in [0.25, 0.3) is 0 Å². The third kappa shape index (κ3) is 7.14. The number of amides is 2. The lowest BCUT2D eigenvalue weighted by atomic mass is 10.0. The van der Waals surface area contributed by atoms with E-state index < -0.39 is 0 Å². The van der Waals surface area contributed by atoms with Crippen molar-refractivity contribution in [3.05, 3.63) is 34.9 Å². The summed E-state index contributed by atoms with van der Waals surface area (Å²) in [5, 5.41) is 6.31. The van der Waals surface area contributed by atoms with E-state index in [9.17, 15) is 9.59 Å². The fourth-order valence-electron chi connectivity index (χ4n) is 1.95. The number of carbonyl (C=O) groups is 2. The molecule has 0 aromatic heterocycles. The fraction of sp³-hybridized carbons (Fsp3) is 0.500. The van der Waals surface area contributed by atoms with Crippen LogP contribution in [0.3, 0.4) is 0 Å². The molecule has 1 aromatic carbocycles. The summed E-state index contributed by atoms with van der Waals surface area (Å²) in [6.07, 6.45) is 1.16. The molecule has 0 bridgehead atoms. The highest BCUT2D eigenvalue weighted by atomic mass is 35.5. The van der Waals surface area contributed by atoms with Gasteiger partial charge in [-0.15, -0.1) is 0 Å². The molecule has 2 N–H and O–H groups in total. The largest absolute Gasteiger partial charge is 0.356 e. The van der Waals surface area contributed by atoms with Gasteiger partial charge in [-0.2, -0.15) is 0 Å². The Morgan fingerprint density at radius 1 is 1.19 bits per heavy atom.